The lowest BCUT2D eigenvalue weighted by Crippen LogP contribution is -2.33. The van der Waals surface area contributed by atoms with Gasteiger partial charge in [0.05, 0.1) is 18.3 Å². The third kappa shape index (κ3) is 4.66. The molecule has 2 aliphatic rings. The molecule has 4 aromatic rings. The second-order valence-corrected chi connectivity index (χ2v) is 9.10. The smallest absolute Gasteiger partial charge is 0.159 e. The first-order valence-electron chi connectivity index (χ1n) is 12.2. The maximum absolute atomic E-state index is 13.4. The standard InChI is InChI=1S/C27H27FN6O/c28-21-9-7-19(8-10-21)20-17-30-34(18-20)27-16-26(33-14-11-24-23(33)12-15-35-24)31-25(32-27)6-3-5-22-4-1-2-13-29-22/h1-2,4,7-10,13,16-18,23-24H,3,5-6,11-12,14-15H2/t23-,24-/m1/s1. The van der Waals surface area contributed by atoms with E-state index in [1.54, 1.807) is 23.0 Å². The summed E-state index contributed by atoms with van der Waals surface area (Å²) in [6.45, 7) is 1.74. The van der Waals surface area contributed by atoms with Gasteiger partial charge in [0.1, 0.15) is 17.5 Å². The van der Waals surface area contributed by atoms with E-state index in [0.29, 0.717) is 6.04 Å². The van der Waals surface area contributed by atoms with Crippen LogP contribution in [0.2, 0.25) is 0 Å². The lowest BCUT2D eigenvalue weighted by atomic mass is 10.1. The highest BCUT2D eigenvalue weighted by Crippen LogP contribution is 2.33. The van der Waals surface area contributed by atoms with Crippen LogP contribution in [-0.2, 0) is 17.6 Å². The van der Waals surface area contributed by atoms with E-state index in [9.17, 15) is 4.39 Å². The van der Waals surface area contributed by atoms with E-state index in [-0.39, 0.29) is 11.9 Å². The van der Waals surface area contributed by atoms with E-state index < -0.39 is 0 Å². The maximum atomic E-state index is 13.4. The summed E-state index contributed by atoms with van der Waals surface area (Å²) < 4.78 is 21.1. The molecule has 2 aliphatic heterocycles. The molecule has 0 N–H and O–H groups in total. The van der Waals surface area contributed by atoms with Gasteiger partial charge in [-0.15, -0.1) is 0 Å². The fraction of sp³-hybridized carbons (Fsp3) is 0.333. The maximum Gasteiger partial charge on any atom is 0.159 e. The number of anilines is 1. The molecule has 0 bridgehead atoms. The predicted molar refractivity (Wildman–Crippen MR) is 131 cm³/mol. The number of aryl methyl sites for hydroxylation is 2. The van der Waals surface area contributed by atoms with Crippen LogP contribution in [0.25, 0.3) is 16.9 Å². The van der Waals surface area contributed by atoms with Gasteiger partial charge in [0.2, 0.25) is 0 Å². The summed E-state index contributed by atoms with van der Waals surface area (Å²) in [5.41, 5.74) is 2.89. The van der Waals surface area contributed by atoms with E-state index in [4.69, 9.17) is 14.7 Å². The van der Waals surface area contributed by atoms with Gasteiger partial charge in [0.25, 0.3) is 0 Å². The molecular weight excluding hydrogens is 443 g/mol. The summed E-state index contributed by atoms with van der Waals surface area (Å²) in [4.78, 5) is 16.6. The summed E-state index contributed by atoms with van der Waals surface area (Å²) in [6, 6.07) is 14.8. The highest BCUT2D eigenvalue weighted by atomic mass is 19.1. The lowest BCUT2D eigenvalue weighted by Gasteiger charge is -2.24. The monoisotopic (exact) mass is 470 g/mol. The molecular formula is C27H27FN6O. The third-order valence-corrected chi connectivity index (χ3v) is 6.82. The number of pyridine rings is 1. The molecule has 6 rings (SSSR count). The Kier molecular flexibility index (Phi) is 5.96. The number of aromatic nitrogens is 5. The zero-order valence-corrected chi connectivity index (χ0v) is 19.4. The second-order valence-electron chi connectivity index (χ2n) is 9.10. The topological polar surface area (TPSA) is 69.0 Å². The van der Waals surface area contributed by atoms with Crippen LogP contribution in [0.4, 0.5) is 10.2 Å². The van der Waals surface area contributed by atoms with Crippen LogP contribution in [-0.4, -0.2) is 50.0 Å². The molecule has 8 heteroatoms. The molecule has 2 saturated heterocycles. The molecule has 0 saturated carbocycles. The van der Waals surface area contributed by atoms with E-state index in [1.807, 2.05) is 36.7 Å². The first-order valence-corrected chi connectivity index (χ1v) is 12.2. The largest absolute Gasteiger partial charge is 0.376 e. The van der Waals surface area contributed by atoms with Crippen LogP contribution in [0, 0.1) is 5.82 Å². The van der Waals surface area contributed by atoms with E-state index in [2.05, 4.69) is 15.0 Å². The summed E-state index contributed by atoms with van der Waals surface area (Å²) in [5, 5.41) is 4.57. The van der Waals surface area contributed by atoms with Crippen LogP contribution < -0.4 is 4.90 Å². The average molecular weight is 471 g/mol. The van der Waals surface area contributed by atoms with E-state index in [0.717, 1.165) is 79.5 Å². The van der Waals surface area contributed by atoms with Crippen molar-refractivity contribution in [3.63, 3.8) is 0 Å². The van der Waals surface area contributed by atoms with Gasteiger partial charge in [-0.3, -0.25) is 4.98 Å². The van der Waals surface area contributed by atoms with Crippen LogP contribution in [0.3, 0.4) is 0 Å². The molecule has 0 amide bonds. The number of benzene rings is 1. The lowest BCUT2D eigenvalue weighted by molar-refractivity contribution is 0.113. The molecule has 0 spiro atoms. The SMILES string of the molecule is Fc1ccc(-c2cnn(-c3cc(N4CC[C@H]5OCC[C@H]54)nc(CCCc4ccccn4)n3)c2)cc1. The van der Waals surface area contributed by atoms with Gasteiger partial charge in [0.15, 0.2) is 5.82 Å². The van der Waals surface area contributed by atoms with E-state index in [1.165, 1.54) is 12.1 Å². The van der Waals surface area contributed by atoms with Gasteiger partial charge in [-0.1, -0.05) is 18.2 Å². The summed E-state index contributed by atoms with van der Waals surface area (Å²) in [7, 11) is 0. The van der Waals surface area contributed by atoms with Crippen molar-refractivity contribution in [1.29, 1.82) is 0 Å². The number of hydrogen-bond acceptors (Lipinski definition) is 6. The number of halogens is 1. The van der Waals surface area contributed by atoms with Crippen molar-refractivity contribution in [2.75, 3.05) is 18.1 Å². The minimum Gasteiger partial charge on any atom is -0.376 e. The second kappa shape index (κ2) is 9.54. The zero-order chi connectivity index (χ0) is 23.6. The number of nitrogens with zero attached hydrogens (tertiary/aromatic N) is 6. The fourth-order valence-corrected chi connectivity index (χ4v) is 5.04. The summed E-state index contributed by atoms with van der Waals surface area (Å²) in [6.07, 6.45) is 10.4. The van der Waals surface area contributed by atoms with Crippen molar-refractivity contribution < 1.29 is 9.13 Å². The van der Waals surface area contributed by atoms with Gasteiger partial charge < -0.3 is 9.64 Å². The highest BCUT2D eigenvalue weighted by molar-refractivity contribution is 5.62. The van der Waals surface area contributed by atoms with Gasteiger partial charge in [0, 0.05) is 49.3 Å². The van der Waals surface area contributed by atoms with Gasteiger partial charge in [-0.05, 0) is 55.5 Å². The Balaban J connectivity index is 1.29. The molecule has 2 fully saturated rings. The Morgan fingerprint density at radius 2 is 1.86 bits per heavy atom. The van der Waals surface area contributed by atoms with Crippen molar-refractivity contribution in [3.8, 4) is 16.9 Å². The number of rotatable bonds is 7. The summed E-state index contributed by atoms with van der Waals surface area (Å²) in [5.74, 6) is 2.21. The first kappa shape index (κ1) is 21.9. The van der Waals surface area contributed by atoms with Crippen molar-refractivity contribution in [2.45, 2.75) is 44.2 Å². The van der Waals surface area contributed by atoms with Crippen molar-refractivity contribution in [3.05, 3.63) is 84.5 Å². The van der Waals surface area contributed by atoms with E-state index >= 15 is 0 Å². The fourth-order valence-electron chi connectivity index (χ4n) is 5.04. The van der Waals surface area contributed by atoms with Crippen LogP contribution in [0.15, 0.2) is 67.1 Å². The van der Waals surface area contributed by atoms with Gasteiger partial charge >= 0.3 is 0 Å². The normalized spacial score (nSPS) is 19.3. The van der Waals surface area contributed by atoms with Crippen LogP contribution >= 0.6 is 0 Å². The number of fused-ring (bicyclic) bond motifs is 1. The molecule has 35 heavy (non-hydrogen) atoms. The highest BCUT2D eigenvalue weighted by Gasteiger charge is 2.39. The third-order valence-electron chi connectivity index (χ3n) is 6.82. The molecule has 178 valence electrons. The molecule has 3 aromatic heterocycles. The number of ether oxygens (including phenoxy) is 1. The Hall–Kier alpha value is -3.65. The Bertz CT molecular complexity index is 1290. The quantitative estimate of drug-likeness (QED) is 0.399. The number of hydrogen-bond donors (Lipinski definition) is 0. The van der Waals surface area contributed by atoms with Crippen molar-refractivity contribution in [1.82, 2.24) is 24.7 Å². The summed E-state index contributed by atoms with van der Waals surface area (Å²) >= 11 is 0. The molecule has 0 unspecified atom stereocenters. The minimum atomic E-state index is -0.253. The van der Waals surface area contributed by atoms with Gasteiger partial charge in [-0.2, -0.15) is 5.10 Å². The van der Waals surface area contributed by atoms with Crippen LogP contribution in [0.1, 0.15) is 30.8 Å². The minimum absolute atomic E-state index is 0.253. The first-order chi connectivity index (χ1) is 17.2. The molecule has 1 aromatic carbocycles. The van der Waals surface area contributed by atoms with Crippen molar-refractivity contribution >= 4 is 5.82 Å². The average Bonchev–Trinajstić information content (AvgIpc) is 3.63. The Labute approximate surface area is 203 Å². The molecule has 2 atom stereocenters. The Morgan fingerprint density at radius 3 is 2.71 bits per heavy atom. The van der Waals surface area contributed by atoms with Gasteiger partial charge in [-0.25, -0.2) is 19.0 Å². The Morgan fingerprint density at radius 1 is 0.971 bits per heavy atom. The molecule has 0 radical (unpaired) electrons. The zero-order valence-electron chi connectivity index (χ0n) is 19.4. The van der Waals surface area contributed by atoms with Crippen LogP contribution in [0.5, 0.6) is 0 Å². The molecule has 7 nitrogen and oxygen atoms in total. The molecule has 5 heterocycles. The molecule has 0 aliphatic carbocycles. The van der Waals surface area contributed by atoms with Crippen molar-refractivity contribution in [2.24, 2.45) is 0 Å². The predicted octanol–water partition coefficient (Wildman–Crippen LogP) is 4.41.